The van der Waals surface area contributed by atoms with Gasteiger partial charge in [0, 0.05) is 57.1 Å². The predicted octanol–water partition coefficient (Wildman–Crippen LogP) is 3.32. The number of aromatic nitrogens is 3. The van der Waals surface area contributed by atoms with Crippen LogP contribution in [0.4, 0.5) is 16.8 Å². The van der Waals surface area contributed by atoms with Gasteiger partial charge in [0.1, 0.15) is 17.7 Å². The SMILES string of the molecule is CN(C)c1ncccc1CN1CCOC(c2cccc(Nc3nccs3)n2)C1. The number of morpholine rings is 1. The van der Waals surface area contributed by atoms with E-state index in [4.69, 9.17) is 9.72 Å². The molecule has 1 aliphatic rings. The van der Waals surface area contributed by atoms with Crippen molar-refractivity contribution in [3.8, 4) is 0 Å². The number of hydrogen-bond acceptors (Lipinski definition) is 8. The summed E-state index contributed by atoms with van der Waals surface area (Å²) in [5.74, 6) is 1.80. The van der Waals surface area contributed by atoms with E-state index in [1.54, 1.807) is 17.5 Å². The maximum absolute atomic E-state index is 6.03. The maximum Gasteiger partial charge on any atom is 0.188 e. The molecular weight excluding hydrogens is 372 g/mol. The summed E-state index contributed by atoms with van der Waals surface area (Å²) >= 11 is 1.55. The molecule has 1 saturated heterocycles. The summed E-state index contributed by atoms with van der Waals surface area (Å²) in [5.41, 5.74) is 2.16. The molecule has 0 aliphatic carbocycles. The molecule has 3 aromatic heterocycles. The standard InChI is InChI=1S/C20H24N6OS/c1-25(2)19-15(5-4-8-21-19)13-26-10-11-27-17(14-26)16-6-3-7-18(23-16)24-20-22-9-12-28-20/h3-9,12,17H,10-11,13-14H2,1-2H3,(H,22,23,24). The fourth-order valence-corrected chi connectivity index (χ4v) is 3.85. The third kappa shape index (κ3) is 4.46. The van der Waals surface area contributed by atoms with Crippen LogP contribution in [0.2, 0.25) is 0 Å². The summed E-state index contributed by atoms with van der Waals surface area (Å²) in [6, 6.07) is 10.1. The van der Waals surface area contributed by atoms with Crippen molar-refractivity contribution >= 4 is 28.1 Å². The molecule has 1 aliphatic heterocycles. The Bertz CT molecular complexity index is 901. The number of anilines is 3. The molecule has 0 aromatic carbocycles. The quantitative estimate of drug-likeness (QED) is 0.686. The van der Waals surface area contributed by atoms with Gasteiger partial charge < -0.3 is 15.0 Å². The van der Waals surface area contributed by atoms with Gasteiger partial charge in [-0.3, -0.25) is 4.90 Å². The van der Waals surface area contributed by atoms with Gasteiger partial charge >= 0.3 is 0 Å². The van der Waals surface area contributed by atoms with Crippen LogP contribution in [0.15, 0.2) is 48.1 Å². The molecule has 28 heavy (non-hydrogen) atoms. The Kier molecular flexibility index (Phi) is 5.80. The molecule has 1 N–H and O–H groups in total. The van der Waals surface area contributed by atoms with Crippen molar-refractivity contribution in [1.82, 2.24) is 19.9 Å². The van der Waals surface area contributed by atoms with Gasteiger partial charge in [-0.1, -0.05) is 12.1 Å². The van der Waals surface area contributed by atoms with Gasteiger partial charge in [-0.05, 0) is 18.2 Å². The second-order valence-corrected chi connectivity index (χ2v) is 7.78. The van der Waals surface area contributed by atoms with Crippen molar-refractivity contribution in [2.24, 2.45) is 0 Å². The molecule has 0 spiro atoms. The van der Waals surface area contributed by atoms with E-state index in [-0.39, 0.29) is 6.10 Å². The highest BCUT2D eigenvalue weighted by Gasteiger charge is 2.24. The van der Waals surface area contributed by atoms with E-state index in [2.05, 4.69) is 31.2 Å². The molecule has 146 valence electrons. The highest BCUT2D eigenvalue weighted by molar-refractivity contribution is 7.13. The van der Waals surface area contributed by atoms with E-state index in [1.807, 2.05) is 49.9 Å². The lowest BCUT2D eigenvalue weighted by molar-refractivity contribution is -0.0349. The molecule has 4 rings (SSSR count). The van der Waals surface area contributed by atoms with Crippen molar-refractivity contribution in [1.29, 1.82) is 0 Å². The van der Waals surface area contributed by atoms with Crippen LogP contribution in [0.1, 0.15) is 17.4 Å². The van der Waals surface area contributed by atoms with Gasteiger partial charge in [0.05, 0.1) is 12.3 Å². The second kappa shape index (κ2) is 8.64. The van der Waals surface area contributed by atoms with Crippen LogP contribution < -0.4 is 10.2 Å². The Labute approximate surface area is 169 Å². The van der Waals surface area contributed by atoms with Crippen LogP contribution in [0.25, 0.3) is 0 Å². The molecule has 0 radical (unpaired) electrons. The van der Waals surface area contributed by atoms with Crippen molar-refractivity contribution in [2.45, 2.75) is 12.6 Å². The summed E-state index contributed by atoms with van der Waals surface area (Å²) < 4.78 is 6.03. The topological polar surface area (TPSA) is 66.4 Å². The number of ether oxygens (including phenoxy) is 1. The minimum absolute atomic E-state index is 0.0497. The first-order chi connectivity index (χ1) is 13.7. The average Bonchev–Trinajstić information content (AvgIpc) is 3.22. The van der Waals surface area contributed by atoms with Crippen LogP contribution in [0, 0.1) is 0 Å². The first kappa shape index (κ1) is 18.8. The number of pyridine rings is 2. The van der Waals surface area contributed by atoms with Crippen molar-refractivity contribution in [3.05, 3.63) is 59.4 Å². The lowest BCUT2D eigenvalue weighted by Gasteiger charge is -2.33. The number of hydrogen-bond donors (Lipinski definition) is 1. The molecule has 1 unspecified atom stereocenters. The summed E-state index contributed by atoms with van der Waals surface area (Å²) in [4.78, 5) is 18.0. The summed E-state index contributed by atoms with van der Waals surface area (Å²) in [6.07, 6.45) is 3.57. The monoisotopic (exact) mass is 396 g/mol. The van der Waals surface area contributed by atoms with Crippen LogP contribution in [0.5, 0.6) is 0 Å². The molecule has 0 saturated carbocycles. The first-order valence-corrected chi connectivity index (χ1v) is 10.2. The Hall–Kier alpha value is -2.55. The summed E-state index contributed by atoms with van der Waals surface area (Å²) in [5, 5.41) is 6.02. The number of thiazole rings is 1. The lowest BCUT2D eigenvalue weighted by Crippen LogP contribution is -2.38. The van der Waals surface area contributed by atoms with Crippen molar-refractivity contribution in [3.63, 3.8) is 0 Å². The highest BCUT2D eigenvalue weighted by Crippen LogP contribution is 2.25. The zero-order valence-corrected chi connectivity index (χ0v) is 16.9. The second-order valence-electron chi connectivity index (χ2n) is 6.89. The zero-order valence-electron chi connectivity index (χ0n) is 16.1. The maximum atomic E-state index is 6.03. The van der Waals surface area contributed by atoms with E-state index in [0.717, 1.165) is 42.1 Å². The molecule has 0 amide bonds. The van der Waals surface area contributed by atoms with Crippen molar-refractivity contribution in [2.75, 3.05) is 44.0 Å². The smallest absolute Gasteiger partial charge is 0.188 e. The molecular formula is C20H24N6OS. The fraction of sp³-hybridized carbons (Fsp3) is 0.350. The molecule has 0 bridgehead atoms. The van der Waals surface area contributed by atoms with Gasteiger partial charge in [0.2, 0.25) is 0 Å². The number of rotatable bonds is 6. The minimum atomic E-state index is -0.0497. The van der Waals surface area contributed by atoms with Gasteiger partial charge in [0.15, 0.2) is 5.13 Å². The summed E-state index contributed by atoms with van der Waals surface area (Å²) in [7, 11) is 4.05. The van der Waals surface area contributed by atoms with E-state index >= 15 is 0 Å². The van der Waals surface area contributed by atoms with E-state index in [1.165, 1.54) is 5.56 Å². The van der Waals surface area contributed by atoms with Gasteiger partial charge in [-0.2, -0.15) is 0 Å². The normalized spacial score (nSPS) is 17.4. The van der Waals surface area contributed by atoms with E-state index < -0.39 is 0 Å². The van der Waals surface area contributed by atoms with Crippen LogP contribution in [-0.2, 0) is 11.3 Å². The predicted molar refractivity (Wildman–Crippen MR) is 112 cm³/mol. The molecule has 3 aromatic rings. The Morgan fingerprint density at radius 1 is 1.21 bits per heavy atom. The zero-order chi connectivity index (χ0) is 19.3. The van der Waals surface area contributed by atoms with Gasteiger partial charge in [-0.15, -0.1) is 11.3 Å². The van der Waals surface area contributed by atoms with Crippen molar-refractivity contribution < 1.29 is 4.74 Å². The molecule has 1 fully saturated rings. The van der Waals surface area contributed by atoms with Gasteiger partial charge in [0.25, 0.3) is 0 Å². The van der Waals surface area contributed by atoms with Crippen LogP contribution >= 0.6 is 11.3 Å². The third-order valence-corrected chi connectivity index (χ3v) is 5.29. The Balaban J connectivity index is 1.45. The minimum Gasteiger partial charge on any atom is -0.369 e. The number of nitrogens with zero attached hydrogens (tertiary/aromatic N) is 5. The Morgan fingerprint density at radius 3 is 2.96 bits per heavy atom. The van der Waals surface area contributed by atoms with Gasteiger partial charge in [-0.25, -0.2) is 15.0 Å². The van der Waals surface area contributed by atoms with Crippen LogP contribution in [0.3, 0.4) is 0 Å². The van der Waals surface area contributed by atoms with E-state index in [9.17, 15) is 0 Å². The van der Waals surface area contributed by atoms with Crippen LogP contribution in [-0.4, -0.2) is 53.6 Å². The molecule has 4 heterocycles. The number of nitrogens with one attached hydrogen (secondary N) is 1. The lowest BCUT2D eigenvalue weighted by atomic mass is 10.1. The molecule has 1 atom stereocenters. The largest absolute Gasteiger partial charge is 0.369 e. The fourth-order valence-electron chi connectivity index (χ4n) is 3.32. The molecule has 7 nitrogen and oxygen atoms in total. The van der Waals surface area contributed by atoms with E-state index in [0.29, 0.717) is 6.61 Å². The average molecular weight is 397 g/mol. The third-order valence-electron chi connectivity index (χ3n) is 4.60. The highest BCUT2D eigenvalue weighted by atomic mass is 32.1. The first-order valence-electron chi connectivity index (χ1n) is 9.27. The summed E-state index contributed by atoms with van der Waals surface area (Å²) in [6.45, 7) is 3.23. The Morgan fingerprint density at radius 2 is 2.14 bits per heavy atom. The molecule has 8 heteroatoms.